The number of anilines is 1. The molecule has 5 rings (SSSR count). The Morgan fingerprint density at radius 2 is 2.04 bits per heavy atom. The lowest BCUT2D eigenvalue weighted by atomic mass is 10.1. The molecule has 1 N–H and O–H groups in total. The van der Waals surface area contributed by atoms with Crippen molar-refractivity contribution in [2.45, 2.75) is 6.92 Å². The third kappa shape index (κ3) is 2.77. The first-order chi connectivity index (χ1) is 13.2. The number of aryl methyl sites for hydroxylation is 1. The van der Waals surface area contributed by atoms with Gasteiger partial charge in [-0.15, -0.1) is 10.2 Å². The molecule has 2 aromatic heterocycles. The summed E-state index contributed by atoms with van der Waals surface area (Å²) < 4.78 is 12.3. The fourth-order valence-electron chi connectivity index (χ4n) is 2.80. The number of amides is 1. The van der Waals surface area contributed by atoms with Gasteiger partial charge in [-0.05, 0) is 37.3 Å². The minimum atomic E-state index is -0.223. The highest BCUT2D eigenvalue weighted by molar-refractivity contribution is 7.19. The zero-order valence-corrected chi connectivity index (χ0v) is 15.0. The first-order valence-electron chi connectivity index (χ1n) is 8.18. The Balaban J connectivity index is 1.41. The molecular weight excluding hydrogens is 366 g/mol. The van der Waals surface area contributed by atoms with Gasteiger partial charge in [-0.3, -0.25) is 4.79 Å². The van der Waals surface area contributed by atoms with Gasteiger partial charge in [0.2, 0.25) is 11.8 Å². The lowest BCUT2D eigenvalue weighted by Crippen LogP contribution is -2.11. The molecule has 0 radical (unpaired) electrons. The maximum Gasteiger partial charge on any atom is 0.255 e. The molecule has 1 aliphatic heterocycles. The summed E-state index contributed by atoms with van der Waals surface area (Å²) in [6.07, 6.45) is 0. The zero-order chi connectivity index (χ0) is 18.4. The molecule has 1 amide bonds. The van der Waals surface area contributed by atoms with Crippen LogP contribution in [-0.4, -0.2) is 32.5 Å². The number of fused-ring (bicyclic) bond motifs is 2. The number of benzene rings is 2. The summed E-state index contributed by atoms with van der Waals surface area (Å²) in [5.74, 6) is 1.73. The molecule has 0 atom stereocenters. The Bertz CT molecular complexity index is 1180. The van der Waals surface area contributed by atoms with Crippen LogP contribution in [0.3, 0.4) is 0 Å². The van der Waals surface area contributed by atoms with Crippen LogP contribution >= 0.6 is 11.3 Å². The minimum Gasteiger partial charge on any atom is -0.454 e. The van der Waals surface area contributed by atoms with Crippen molar-refractivity contribution < 1.29 is 14.3 Å². The van der Waals surface area contributed by atoms with E-state index in [4.69, 9.17) is 9.47 Å². The second-order valence-electron chi connectivity index (χ2n) is 5.95. The number of rotatable bonds is 3. The van der Waals surface area contributed by atoms with Gasteiger partial charge >= 0.3 is 0 Å². The van der Waals surface area contributed by atoms with E-state index in [-0.39, 0.29) is 12.7 Å². The molecule has 1 aliphatic rings. The van der Waals surface area contributed by atoms with Crippen LogP contribution in [0.1, 0.15) is 16.2 Å². The normalized spacial score (nSPS) is 12.5. The average molecular weight is 379 g/mol. The van der Waals surface area contributed by atoms with Crippen molar-refractivity contribution in [2.75, 3.05) is 12.1 Å². The van der Waals surface area contributed by atoms with Gasteiger partial charge in [0, 0.05) is 16.8 Å². The second-order valence-corrected chi connectivity index (χ2v) is 6.91. The van der Waals surface area contributed by atoms with Crippen LogP contribution in [0.4, 0.5) is 5.69 Å². The van der Waals surface area contributed by atoms with Gasteiger partial charge in [-0.2, -0.15) is 9.61 Å². The first-order valence-corrected chi connectivity index (χ1v) is 8.99. The van der Waals surface area contributed by atoms with Gasteiger partial charge < -0.3 is 14.8 Å². The van der Waals surface area contributed by atoms with Crippen LogP contribution in [-0.2, 0) is 0 Å². The fraction of sp³-hybridized carbons (Fsp3) is 0.111. The van der Waals surface area contributed by atoms with Crippen molar-refractivity contribution in [3.8, 4) is 22.1 Å². The molecule has 27 heavy (non-hydrogen) atoms. The number of aromatic nitrogens is 4. The molecule has 4 aromatic rings. The van der Waals surface area contributed by atoms with Crippen molar-refractivity contribution in [1.82, 2.24) is 19.8 Å². The SMILES string of the molecule is Cc1nnc2sc(-c3cccc(NC(=O)c4ccc5c(c4)OCO5)c3)nn12. The maximum absolute atomic E-state index is 12.6. The maximum atomic E-state index is 12.6. The van der Waals surface area contributed by atoms with E-state index in [2.05, 4.69) is 20.6 Å². The number of nitrogens with zero attached hydrogens (tertiary/aromatic N) is 4. The van der Waals surface area contributed by atoms with Gasteiger partial charge in [0.25, 0.3) is 5.91 Å². The Hall–Kier alpha value is -3.46. The molecule has 0 unspecified atom stereocenters. The Kier molecular flexibility index (Phi) is 3.54. The molecule has 9 heteroatoms. The lowest BCUT2D eigenvalue weighted by molar-refractivity contribution is 0.102. The quantitative estimate of drug-likeness (QED) is 0.588. The minimum absolute atomic E-state index is 0.175. The monoisotopic (exact) mass is 379 g/mol. The molecule has 2 aromatic carbocycles. The number of ether oxygens (including phenoxy) is 2. The molecule has 0 bridgehead atoms. The summed E-state index contributed by atoms with van der Waals surface area (Å²) in [6, 6.07) is 12.6. The molecule has 0 aliphatic carbocycles. The van der Waals surface area contributed by atoms with Crippen molar-refractivity contribution in [3.63, 3.8) is 0 Å². The van der Waals surface area contributed by atoms with E-state index in [1.165, 1.54) is 11.3 Å². The highest BCUT2D eigenvalue weighted by Gasteiger charge is 2.17. The van der Waals surface area contributed by atoms with E-state index in [0.29, 0.717) is 22.7 Å². The Morgan fingerprint density at radius 1 is 1.15 bits per heavy atom. The number of carbonyl (C=O) groups excluding carboxylic acids is 1. The predicted molar refractivity (Wildman–Crippen MR) is 99.4 cm³/mol. The summed E-state index contributed by atoms with van der Waals surface area (Å²) in [5, 5.41) is 16.3. The lowest BCUT2D eigenvalue weighted by Gasteiger charge is -2.07. The van der Waals surface area contributed by atoms with Crippen LogP contribution in [0, 0.1) is 6.92 Å². The molecule has 0 fully saturated rings. The largest absolute Gasteiger partial charge is 0.454 e. The third-order valence-corrected chi connectivity index (χ3v) is 5.10. The summed E-state index contributed by atoms with van der Waals surface area (Å²) >= 11 is 1.44. The van der Waals surface area contributed by atoms with E-state index < -0.39 is 0 Å². The van der Waals surface area contributed by atoms with Crippen LogP contribution in [0.15, 0.2) is 42.5 Å². The molecule has 0 saturated heterocycles. The molecule has 0 saturated carbocycles. The highest BCUT2D eigenvalue weighted by Crippen LogP contribution is 2.33. The zero-order valence-electron chi connectivity index (χ0n) is 14.2. The average Bonchev–Trinajstić information content (AvgIpc) is 3.38. The van der Waals surface area contributed by atoms with E-state index in [1.807, 2.05) is 31.2 Å². The van der Waals surface area contributed by atoms with Crippen molar-refractivity contribution in [1.29, 1.82) is 0 Å². The van der Waals surface area contributed by atoms with Crippen LogP contribution in [0.5, 0.6) is 11.5 Å². The van der Waals surface area contributed by atoms with Gasteiger partial charge in [0.1, 0.15) is 5.01 Å². The van der Waals surface area contributed by atoms with Gasteiger partial charge in [0.05, 0.1) is 0 Å². The summed E-state index contributed by atoms with van der Waals surface area (Å²) in [5.41, 5.74) is 2.07. The fourth-order valence-corrected chi connectivity index (χ4v) is 3.68. The standard InChI is InChI=1S/C18H13N5O3S/c1-10-20-21-18-23(10)22-17(27-18)12-3-2-4-13(7-12)19-16(24)11-5-6-14-15(8-11)26-9-25-14/h2-8H,9H2,1H3,(H,19,24). The molecule has 134 valence electrons. The Labute approximate surface area is 157 Å². The summed E-state index contributed by atoms with van der Waals surface area (Å²) in [6.45, 7) is 2.03. The topological polar surface area (TPSA) is 90.6 Å². The number of hydrogen-bond acceptors (Lipinski definition) is 7. The molecule has 3 heterocycles. The molecular formula is C18H13N5O3S. The van der Waals surface area contributed by atoms with Gasteiger partial charge in [-0.25, -0.2) is 0 Å². The summed E-state index contributed by atoms with van der Waals surface area (Å²) in [7, 11) is 0. The van der Waals surface area contributed by atoms with Crippen molar-refractivity contribution >= 4 is 27.9 Å². The van der Waals surface area contributed by atoms with Crippen LogP contribution < -0.4 is 14.8 Å². The first kappa shape index (κ1) is 15.8. The van der Waals surface area contributed by atoms with Crippen molar-refractivity contribution in [3.05, 3.63) is 53.9 Å². The molecule has 8 nitrogen and oxygen atoms in total. The number of carbonyl (C=O) groups is 1. The molecule has 0 spiro atoms. The highest BCUT2D eigenvalue weighted by atomic mass is 32.1. The van der Waals surface area contributed by atoms with E-state index in [1.54, 1.807) is 22.7 Å². The van der Waals surface area contributed by atoms with E-state index in [9.17, 15) is 4.79 Å². The summed E-state index contributed by atoms with van der Waals surface area (Å²) in [4.78, 5) is 13.3. The predicted octanol–water partition coefficient (Wildman–Crippen LogP) is 3.14. The second kappa shape index (κ2) is 6.06. The third-order valence-electron chi connectivity index (χ3n) is 4.15. The number of nitrogens with one attached hydrogen (secondary N) is 1. The van der Waals surface area contributed by atoms with E-state index in [0.717, 1.165) is 21.4 Å². The van der Waals surface area contributed by atoms with Crippen LogP contribution in [0.25, 0.3) is 15.5 Å². The van der Waals surface area contributed by atoms with Crippen molar-refractivity contribution in [2.24, 2.45) is 0 Å². The van der Waals surface area contributed by atoms with Crippen LogP contribution in [0.2, 0.25) is 0 Å². The van der Waals surface area contributed by atoms with E-state index >= 15 is 0 Å². The smallest absolute Gasteiger partial charge is 0.255 e. The van der Waals surface area contributed by atoms with Gasteiger partial charge in [0.15, 0.2) is 17.3 Å². The van der Waals surface area contributed by atoms with Gasteiger partial charge in [-0.1, -0.05) is 23.5 Å². The number of hydrogen-bond donors (Lipinski definition) is 1. The Morgan fingerprint density at radius 3 is 2.93 bits per heavy atom.